The molecule has 1 aromatic heterocycles. The van der Waals surface area contributed by atoms with Crippen molar-refractivity contribution in [2.75, 3.05) is 13.2 Å². The molecule has 3 rings (SSSR count). The minimum atomic E-state index is 0.0650. The number of nitrogens with zero attached hydrogens (tertiary/aromatic N) is 1. The van der Waals surface area contributed by atoms with Crippen molar-refractivity contribution in [1.29, 1.82) is 0 Å². The lowest BCUT2D eigenvalue weighted by atomic mass is 9.95. The summed E-state index contributed by atoms with van der Waals surface area (Å²) >= 11 is 0. The lowest BCUT2D eigenvalue weighted by molar-refractivity contribution is -0.121. The molecule has 0 radical (unpaired) electrons. The summed E-state index contributed by atoms with van der Waals surface area (Å²) in [4.78, 5) is 16.5. The first-order chi connectivity index (χ1) is 11.6. The summed E-state index contributed by atoms with van der Waals surface area (Å²) in [5.74, 6) is 0.380. The van der Waals surface area contributed by atoms with Crippen LogP contribution >= 0.6 is 0 Å². The predicted molar refractivity (Wildman–Crippen MR) is 93.8 cm³/mol. The van der Waals surface area contributed by atoms with Gasteiger partial charge in [-0.3, -0.25) is 9.78 Å². The van der Waals surface area contributed by atoms with Crippen LogP contribution in [0.1, 0.15) is 22.3 Å². The molecule has 1 aliphatic rings. The zero-order chi connectivity index (χ0) is 16.9. The molecule has 0 saturated carbocycles. The number of aryl methyl sites for hydroxylation is 2. The van der Waals surface area contributed by atoms with Crippen LogP contribution in [-0.4, -0.2) is 30.1 Å². The lowest BCUT2D eigenvalue weighted by Gasteiger charge is -2.19. The Morgan fingerprint density at radius 2 is 1.83 bits per heavy atom. The first kappa shape index (κ1) is 16.7. The van der Waals surface area contributed by atoms with Crippen molar-refractivity contribution in [3.63, 3.8) is 0 Å². The Morgan fingerprint density at radius 1 is 1.12 bits per heavy atom. The largest absolute Gasteiger partial charge is 0.379 e. The Balaban J connectivity index is 1.58. The van der Waals surface area contributed by atoms with E-state index in [1.807, 2.05) is 12.1 Å². The minimum Gasteiger partial charge on any atom is -0.379 e. The van der Waals surface area contributed by atoms with Gasteiger partial charge in [-0.2, -0.15) is 0 Å². The van der Waals surface area contributed by atoms with Crippen LogP contribution in [0.15, 0.2) is 42.7 Å². The van der Waals surface area contributed by atoms with Gasteiger partial charge in [0.15, 0.2) is 0 Å². The van der Waals surface area contributed by atoms with Crippen molar-refractivity contribution in [2.45, 2.75) is 32.7 Å². The van der Waals surface area contributed by atoms with E-state index in [2.05, 4.69) is 42.3 Å². The molecule has 1 saturated heterocycles. The fourth-order valence-electron chi connectivity index (χ4n) is 3.40. The fraction of sp³-hybridized carbons (Fsp3) is 0.400. The number of ether oxygens (including phenoxy) is 1. The van der Waals surface area contributed by atoms with Gasteiger partial charge < -0.3 is 10.1 Å². The van der Waals surface area contributed by atoms with Gasteiger partial charge in [-0.25, -0.2) is 0 Å². The summed E-state index contributed by atoms with van der Waals surface area (Å²) in [5, 5.41) is 3.16. The predicted octanol–water partition coefficient (Wildman–Crippen LogP) is 2.61. The molecule has 24 heavy (non-hydrogen) atoms. The SMILES string of the molecule is Cc1cc(C)cc(CC(=O)N[C@@H]2COC[C@H]2Cc2ccncc2)c1. The van der Waals surface area contributed by atoms with Gasteiger partial charge in [-0.15, -0.1) is 0 Å². The van der Waals surface area contributed by atoms with Crippen molar-refractivity contribution in [2.24, 2.45) is 5.92 Å². The van der Waals surface area contributed by atoms with Crippen LogP contribution in [0.3, 0.4) is 0 Å². The third kappa shape index (κ3) is 4.42. The molecule has 0 unspecified atom stereocenters. The van der Waals surface area contributed by atoms with Gasteiger partial charge in [-0.05, 0) is 43.5 Å². The highest BCUT2D eigenvalue weighted by molar-refractivity contribution is 5.79. The van der Waals surface area contributed by atoms with Gasteiger partial charge in [0.25, 0.3) is 0 Å². The number of aromatic nitrogens is 1. The average Bonchev–Trinajstić information content (AvgIpc) is 2.94. The summed E-state index contributed by atoms with van der Waals surface area (Å²) in [6.45, 7) is 5.40. The second-order valence-electron chi connectivity index (χ2n) is 6.70. The minimum absolute atomic E-state index is 0.0650. The Morgan fingerprint density at radius 3 is 2.54 bits per heavy atom. The van der Waals surface area contributed by atoms with E-state index in [9.17, 15) is 4.79 Å². The zero-order valence-corrected chi connectivity index (χ0v) is 14.3. The molecular formula is C20H24N2O2. The van der Waals surface area contributed by atoms with Gasteiger partial charge in [0, 0.05) is 18.3 Å². The van der Waals surface area contributed by atoms with E-state index in [-0.39, 0.29) is 11.9 Å². The summed E-state index contributed by atoms with van der Waals surface area (Å²) in [7, 11) is 0. The molecule has 4 heteroatoms. The van der Waals surface area contributed by atoms with E-state index in [1.54, 1.807) is 12.4 Å². The van der Waals surface area contributed by atoms with E-state index >= 15 is 0 Å². The number of rotatable bonds is 5. The highest BCUT2D eigenvalue weighted by Gasteiger charge is 2.29. The molecule has 1 aliphatic heterocycles. The molecule has 0 bridgehead atoms. The van der Waals surface area contributed by atoms with Gasteiger partial charge in [0.1, 0.15) is 0 Å². The molecule has 1 amide bonds. The van der Waals surface area contributed by atoms with Crippen LogP contribution in [0.4, 0.5) is 0 Å². The van der Waals surface area contributed by atoms with Gasteiger partial charge in [-0.1, -0.05) is 29.3 Å². The topological polar surface area (TPSA) is 51.2 Å². The van der Waals surface area contributed by atoms with Gasteiger partial charge in [0.2, 0.25) is 5.91 Å². The molecule has 0 aliphatic carbocycles. The Bertz CT molecular complexity index is 680. The first-order valence-corrected chi connectivity index (χ1v) is 8.43. The van der Waals surface area contributed by atoms with Crippen molar-refractivity contribution in [3.05, 3.63) is 65.0 Å². The lowest BCUT2D eigenvalue weighted by Crippen LogP contribution is -2.41. The summed E-state index contributed by atoms with van der Waals surface area (Å²) < 4.78 is 5.60. The third-order valence-electron chi connectivity index (χ3n) is 4.44. The molecule has 2 atom stereocenters. The average molecular weight is 324 g/mol. The van der Waals surface area contributed by atoms with Crippen LogP contribution in [0.2, 0.25) is 0 Å². The Hall–Kier alpha value is -2.20. The van der Waals surface area contributed by atoms with Crippen LogP contribution in [-0.2, 0) is 22.4 Å². The van der Waals surface area contributed by atoms with Crippen LogP contribution in [0.25, 0.3) is 0 Å². The summed E-state index contributed by atoms with van der Waals surface area (Å²) in [6, 6.07) is 10.4. The first-order valence-electron chi connectivity index (χ1n) is 8.43. The van der Waals surface area contributed by atoms with Crippen molar-refractivity contribution in [3.8, 4) is 0 Å². The number of benzene rings is 1. The number of amides is 1. The number of carbonyl (C=O) groups excluding carboxylic acids is 1. The highest BCUT2D eigenvalue weighted by atomic mass is 16.5. The third-order valence-corrected chi connectivity index (χ3v) is 4.44. The molecule has 2 aromatic rings. The summed E-state index contributed by atoms with van der Waals surface area (Å²) in [6.07, 6.45) is 4.93. The fourth-order valence-corrected chi connectivity index (χ4v) is 3.40. The van der Waals surface area contributed by atoms with Crippen LogP contribution < -0.4 is 5.32 Å². The van der Waals surface area contributed by atoms with Crippen molar-refractivity contribution >= 4 is 5.91 Å². The second kappa shape index (κ2) is 7.58. The quantitative estimate of drug-likeness (QED) is 0.920. The number of hydrogen-bond acceptors (Lipinski definition) is 3. The van der Waals surface area contributed by atoms with Gasteiger partial charge >= 0.3 is 0 Å². The molecule has 126 valence electrons. The van der Waals surface area contributed by atoms with Crippen molar-refractivity contribution < 1.29 is 9.53 Å². The Labute approximate surface area is 143 Å². The smallest absolute Gasteiger partial charge is 0.224 e. The number of pyridine rings is 1. The number of hydrogen-bond donors (Lipinski definition) is 1. The maximum absolute atomic E-state index is 12.4. The molecule has 0 spiro atoms. The van der Waals surface area contributed by atoms with Crippen LogP contribution in [0.5, 0.6) is 0 Å². The number of carbonyl (C=O) groups is 1. The van der Waals surface area contributed by atoms with E-state index in [4.69, 9.17) is 4.74 Å². The van der Waals surface area contributed by atoms with E-state index in [0.717, 1.165) is 12.0 Å². The molecule has 1 N–H and O–H groups in total. The molecule has 4 nitrogen and oxygen atoms in total. The van der Waals surface area contributed by atoms with Crippen LogP contribution in [0, 0.1) is 19.8 Å². The van der Waals surface area contributed by atoms with Gasteiger partial charge in [0.05, 0.1) is 25.7 Å². The molecular weight excluding hydrogens is 300 g/mol. The summed E-state index contributed by atoms with van der Waals surface area (Å²) in [5.41, 5.74) is 4.68. The molecule has 1 aromatic carbocycles. The second-order valence-corrected chi connectivity index (χ2v) is 6.70. The van der Waals surface area contributed by atoms with E-state index < -0.39 is 0 Å². The monoisotopic (exact) mass is 324 g/mol. The maximum Gasteiger partial charge on any atom is 0.224 e. The maximum atomic E-state index is 12.4. The number of nitrogens with one attached hydrogen (secondary N) is 1. The molecule has 2 heterocycles. The van der Waals surface area contributed by atoms with E-state index in [1.165, 1.54) is 16.7 Å². The van der Waals surface area contributed by atoms with E-state index in [0.29, 0.717) is 25.6 Å². The highest BCUT2D eigenvalue weighted by Crippen LogP contribution is 2.19. The normalized spacial score (nSPS) is 20.1. The zero-order valence-electron chi connectivity index (χ0n) is 14.3. The standard InChI is InChI=1S/C20H24N2O2/c1-14-7-15(2)9-17(8-14)11-20(23)22-19-13-24-12-18(19)10-16-3-5-21-6-4-16/h3-9,18-19H,10-13H2,1-2H3,(H,22,23)/t18-,19-/m1/s1. The van der Waals surface area contributed by atoms with Crippen molar-refractivity contribution in [1.82, 2.24) is 10.3 Å². The molecule has 1 fully saturated rings. The Kier molecular flexibility index (Phi) is 5.26.